The number of ether oxygens (including phenoxy) is 1. The number of aromatic nitrogens is 1. The zero-order valence-corrected chi connectivity index (χ0v) is 14.0. The van der Waals surface area contributed by atoms with E-state index in [2.05, 4.69) is 4.98 Å². The van der Waals surface area contributed by atoms with Crippen LogP contribution >= 0.6 is 11.6 Å². The van der Waals surface area contributed by atoms with Crippen molar-refractivity contribution >= 4 is 17.9 Å². The Labute approximate surface area is 136 Å². The monoisotopic (exact) mass is 325 g/mol. The fraction of sp³-hybridized carbons (Fsp3) is 0.647. The Morgan fingerprint density at radius 3 is 2.86 bits per heavy atom. The van der Waals surface area contributed by atoms with Gasteiger partial charge in [0.1, 0.15) is 5.75 Å². The van der Waals surface area contributed by atoms with E-state index >= 15 is 0 Å². The minimum Gasteiger partial charge on any atom is -0.491 e. The minimum atomic E-state index is -0.672. The van der Waals surface area contributed by atoms with Crippen molar-refractivity contribution in [2.45, 2.75) is 51.6 Å². The standard InChI is InChI=1S/C17H24ClNO3/c1-3-17(2,21)14-7-5-4-6-12(14)11-22-16-9-19-8-15(18)13(16)10-20/h8-10,12,14,21H,3-7,11H2,1-2H3. The van der Waals surface area contributed by atoms with Crippen LogP contribution in [0.5, 0.6) is 5.75 Å². The highest BCUT2D eigenvalue weighted by atomic mass is 35.5. The maximum Gasteiger partial charge on any atom is 0.155 e. The number of carbonyl (C=O) groups excluding carboxylic acids is 1. The summed E-state index contributed by atoms with van der Waals surface area (Å²) in [5.74, 6) is 0.920. The fourth-order valence-corrected chi connectivity index (χ4v) is 3.54. The predicted molar refractivity (Wildman–Crippen MR) is 86.5 cm³/mol. The lowest BCUT2D eigenvalue weighted by molar-refractivity contribution is -0.0543. The van der Waals surface area contributed by atoms with Crippen molar-refractivity contribution in [3.05, 3.63) is 23.0 Å². The zero-order valence-electron chi connectivity index (χ0n) is 13.2. The molecule has 5 heteroatoms. The number of aldehydes is 1. The first kappa shape index (κ1) is 17.2. The molecule has 0 radical (unpaired) electrons. The molecule has 1 fully saturated rings. The predicted octanol–water partition coefficient (Wildman–Crippen LogP) is 3.89. The quantitative estimate of drug-likeness (QED) is 0.806. The second-order valence-corrected chi connectivity index (χ2v) is 6.73. The lowest BCUT2D eigenvalue weighted by atomic mass is 9.70. The summed E-state index contributed by atoms with van der Waals surface area (Å²) >= 11 is 5.96. The summed E-state index contributed by atoms with van der Waals surface area (Å²) in [6.45, 7) is 4.40. The average Bonchev–Trinajstić information content (AvgIpc) is 2.53. The molecule has 1 aromatic rings. The first-order valence-electron chi connectivity index (χ1n) is 7.93. The minimum absolute atomic E-state index is 0.220. The van der Waals surface area contributed by atoms with Crippen molar-refractivity contribution in [3.8, 4) is 5.75 Å². The Kier molecular flexibility index (Phi) is 5.81. The zero-order chi connectivity index (χ0) is 16.2. The summed E-state index contributed by atoms with van der Waals surface area (Å²) in [7, 11) is 0. The van der Waals surface area contributed by atoms with Crippen LogP contribution in [0.4, 0.5) is 0 Å². The number of aliphatic hydroxyl groups is 1. The normalized spacial score (nSPS) is 24.5. The van der Waals surface area contributed by atoms with Crippen molar-refractivity contribution in [1.29, 1.82) is 0 Å². The van der Waals surface area contributed by atoms with E-state index in [1.807, 2.05) is 13.8 Å². The van der Waals surface area contributed by atoms with E-state index in [0.29, 0.717) is 29.2 Å². The number of carbonyl (C=O) groups is 1. The molecule has 0 spiro atoms. The smallest absolute Gasteiger partial charge is 0.155 e. The van der Waals surface area contributed by atoms with Gasteiger partial charge in [0.15, 0.2) is 6.29 Å². The topological polar surface area (TPSA) is 59.4 Å². The van der Waals surface area contributed by atoms with Gasteiger partial charge in [-0.1, -0.05) is 31.4 Å². The van der Waals surface area contributed by atoms with Crippen molar-refractivity contribution in [3.63, 3.8) is 0 Å². The van der Waals surface area contributed by atoms with Crippen LogP contribution in [-0.4, -0.2) is 28.6 Å². The second kappa shape index (κ2) is 7.42. The van der Waals surface area contributed by atoms with Gasteiger partial charge in [-0.3, -0.25) is 9.78 Å². The number of pyridine rings is 1. The van der Waals surface area contributed by atoms with Crippen LogP contribution in [-0.2, 0) is 0 Å². The summed E-state index contributed by atoms with van der Waals surface area (Å²) in [4.78, 5) is 15.1. The van der Waals surface area contributed by atoms with Crippen molar-refractivity contribution in [2.75, 3.05) is 6.61 Å². The molecule has 122 valence electrons. The number of rotatable bonds is 6. The highest BCUT2D eigenvalue weighted by Crippen LogP contribution is 2.39. The summed E-state index contributed by atoms with van der Waals surface area (Å²) in [6.07, 6.45) is 8.73. The molecule has 0 amide bonds. The van der Waals surface area contributed by atoms with Gasteiger partial charge in [0.2, 0.25) is 0 Å². The molecule has 1 heterocycles. The van der Waals surface area contributed by atoms with Crippen LogP contribution in [0.1, 0.15) is 56.3 Å². The van der Waals surface area contributed by atoms with E-state index in [4.69, 9.17) is 16.3 Å². The highest BCUT2D eigenvalue weighted by Gasteiger charge is 2.38. The third-order valence-corrected chi connectivity index (χ3v) is 5.20. The Bertz CT molecular complexity index is 519. The number of hydrogen-bond donors (Lipinski definition) is 1. The summed E-state index contributed by atoms with van der Waals surface area (Å²) in [5, 5.41) is 10.9. The van der Waals surface area contributed by atoms with Gasteiger partial charge in [-0.05, 0) is 38.0 Å². The number of hydrogen-bond acceptors (Lipinski definition) is 4. The molecule has 3 atom stereocenters. The maximum absolute atomic E-state index is 11.1. The molecule has 2 rings (SSSR count). The first-order chi connectivity index (χ1) is 10.5. The third-order valence-electron chi connectivity index (χ3n) is 4.90. The molecule has 1 aromatic heterocycles. The molecule has 1 N–H and O–H groups in total. The molecule has 3 unspecified atom stereocenters. The molecule has 1 aliphatic carbocycles. The maximum atomic E-state index is 11.1. The molecule has 0 bridgehead atoms. The molecule has 1 saturated carbocycles. The van der Waals surface area contributed by atoms with E-state index in [-0.39, 0.29) is 11.8 Å². The van der Waals surface area contributed by atoms with Crippen LogP contribution in [0.25, 0.3) is 0 Å². The van der Waals surface area contributed by atoms with Gasteiger partial charge in [0, 0.05) is 6.20 Å². The molecule has 0 saturated heterocycles. The molecule has 1 aliphatic rings. The van der Waals surface area contributed by atoms with E-state index in [1.165, 1.54) is 12.4 Å². The van der Waals surface area contributed by atoms with Crippen molar-refractivity contribution < 1.29 is 14.6 Å². The Hall–Kier alpha value is -1.13. The van der Waals surface area contributed by atoms with E-state index < -0.39 is 5.60 Å². The van der Waals surface area contributed by atoms with Crippen molar-refractivity contribution in [2.24, 2.45) is 11.8 Å². The van der Waals surface area contributed by atoms with E-state index in [0.717, 1.165) is 32.1 Å². The third kappa shape index (κ3) is 3.79. The summed E-state index contributed by atoms with van der Waals surface area (Å²) in [5.41, 5.74) is -0.333. The van der Waals surface area contributed by atoms with Gasteiger partial charge in [-0.25, -0.2) is 0 Å². The van der Waals surface area contributed by atoms with Gasteiger partial charge in [-0.2, -0.15) is 0 Å². The fourth-order valence-electron chi connectivity index (χ4n) is 3.34. The van der Waals surface area contributed by atoms with E-state index in [9.17, 15) is 9.90 Å². The van der Waals surface area contributed by atoms with Gasteiger partial charge >= 0.3 is 0 Å². The van der Waals surface area contributed by atoms with Gasteiger partial charge < -0.3 is 9.84 Å². The molecule has 0 aromatic carbocycles. The Morgan fingerprint density at radius 1 is 1.45 bits per heavy atom. The first-order valence-corrected chi connectivity index (χ1v) is 8.31. The molecule has 22 heavy (non-hydrogen) atoms. The average molecular weight is 326 g/mol. The molecular formula is C17H24ClNO3. The number of nitrogens with zero attached hydrogens (tertiary/aromatic N) is 1. The van der Waals surface area contributed by atoms with Crippen LogP contribution in [0.3, 0.4) is 0 Å². The van der Waals surface area contributed by atoms with Gasteiger partial charge in [0.05, 0.1) is 29.0 Å². The van der Waals surface area contributed by atoms with E-state index in [1.54, 1.807) is 0 Å². The van der Waals surface area contributed by atoms with Gasteiger partial charge in [0.25, 0.3) is 0 Å². The van der Waals surface area contributed by atoms with Gasteiger partial charge in [-0.15, -0.1) is 0 Å². The molecule has 0 aliphatic heterocycles. The largest absolute Gasteiger partial charge is 0.491 e. The summed E-state index contributed by atoms with van der Waals surface area (Å²) < 4.78 is 5.83. The summed E-state index contributed by atoms with van der Waals surface area (Å²) in [6, 6.07) is 0. The SMILES string of the molecule is CCC(C)(O)C1CCCCC1COc1cncc(Cl)c1C=O. The lowest BCUT2D eigenvalue weighted by Crippen LogP contribution is -2.42. The van der Waals surface area contributed by atoms with Crippen LogP contribution in [0.2, 0.25) is 5.02 Å². The highest BCUT2D eigenvalue weighted by molar-refractivity contribution is 6.33. The molecular weight excluding hydrogens is 302 g/mol. The molecule has 4 nitrogen and oxygen atoms in total. The Morgan fingerprint density at radius 2 is 2.18 bits per heavy atom. The van der Waals surface area contributed by atoms with Crippen molar-refractivity contribution in [1.82, 2.24) is 4.98 Å². The van der Waals surface area contributed by atoms with Crippen LogP contribution in [0.15, 0.2) is 12.4 Å². The van der Waals surface area contributed by atoms with Crippen LogP contribution < -0.4 is 4.74 Å². The second-order valence-electron chi connectivity index (χ2n) is 6.32. The lowest BCUT2D eigenvalue weighted by Gasteiger charge is -2.40. The van der Waals surface area contributed by atoms with Crippen LogP contribution in [0, 0.1) is 11.8 Å². The Balaban J connectivity index is 2.09. The number of halogens is 1.